The molecule has 2 atom stereocenters. The number of aliphatic hydroxyl groups excluding tert-OH is 1. The largest absolute Gasteiger partial charge is 0.391 e. The van der Waals surface area contributed by atoms with Crippen LogP contribution in [0, 0.1) is 0 Å². The van der Waals surface area contributed by atoms with Crippen LogP contribution in [0.15, 0.2) is 18.2 Å². The van der Waals surface area contributed by atoms with E-state index in [2.05, 4.69) is 0 Å². The van der Waals surface area contributed by atoms with E-state index in [0.717, 1.165) is 5.56 Å². The maximum absolute atomic E-state index is 9.55. The Hall–Kier alpha value is -0.280. The van der Waals surface area contributed by atoms with Gasteiger partial charge in [-0.05, 0) is 30.2 Å². The van der Waals surface area contributed by atoms with Crippen molar-refractivity contribution in [3.05, 3.63) is 33.8 Å². The third kappa shape index (κ3) is 2.85. The van der Waals surface area contributed by atoms with Gasteiger partial charge in [0, 0.05) is 10.0 Å². The number of benzene rings is 1. The van der Waals surface area contributed by atoms with Gasteiger partial charge >= 0.3 is 0 Å². The molecule has 0 saturated heterocycles. The molecular formula is C10H13Cl2NO. The number of aliphatic hydroxyl groups is 1. The molecule has 1 rings (SSSR count). The maximum atomic E-state index is 9.55. The molecule has 0 spiro atoms. The van der Waals surface area contributed by atoms with Gasteiger partial charge in [0.25, 0.3) is 0 Å². The summed E-state index contributed by atoms with van der Waals surface area (Å²) < 4.78 is 0. The van der Waals surface area contributed by atoms with Crippen molar-refractivity contribution in [3.8, 4) is 0 Å². The summed E-state index contributed by atoms with van der Waals surface area (Å²) in [7, 11) is 0. The summed E-state index contributed by atoms with van der Waals surface area (Å²) >= 11 is 11.6. The SMILES string of the molecule is CC[C@@H](O)[C@@H](N)c1cc(Cl)cc(Cl)c1. The minimum atomic E-state index is -0.565. The molecule has 0 bridgehead atoms. The Morgan fingerprint density at radius 1 is 1.29 bits per heavy atom. The molecule has 78 valence electrons. The van der Waals surface area contributed by atoms with Crippen LogP contribution >= 0.6 is 23.2 Å². The van der Waals surface area contributed by atoms with Gasteiger partial charge in [0.15, 0.2) is 0 Å². The highest BCUT2D eigenvalue weighted by atomic mass is 35.5. The predicted molar refractivity (Wildman–Crippen MR) is 59.7 cm³/mol. The monoisotopic (exact) mass is 233 g/mol. The van der Waals surface area contributed by atoms with Crippen molar-refractivity contribution in [3.63, 3.8) is 0 Å². The predicted octanol–water partition coefficient (Wildman–Crippen LogP) is 2.76. The summed E-state index contributed by atoms with van der Waals surface area (Å²) in [6.45, 7) is 1.87. The fourth-order valence-electron chi connectivity index (χ4n) is 1.24. The molecule has 1 aromatic rings. The highest BCUT2D eigenvalue weighted by molar-refractivity contribution is 6.34. The van der Waals surface area contributed by atoms with Gasteiger partial charge in [-0.25, -0.2) is 0 Å². The van der Waals surface area contributed by atoms with Gasteiger partial charge in [-0.1, -0.05) is 30.1 Å². The Morgan fingerprint density at radius 3 is 2.21 bits per heavy atom. The van der Waals surface area contributed by atoms with Crippen molar-refractivity contribution in [1.29, 1.82) is 0 Å². The summed E-state index contributed by atoms with van der Waals surface area (Å²) in [6.07, 6.45) is 0.0372. The zero-order valence-corrected chi connectivity index (χ0v) is 9.39. The Kier molecular flexibility index (Phi) is 4.20. The number of rotatable bonds is 3. The van der Waals surface area contributed by atoms with E-state index in [9.17, 15) is 5.11 Å². The molecule has 0 aliphatic heterocycles. The van der Waals surface area contributed by atoms with E-state index in [1.165, 1.54) is 0 Å². The lowest BCUT2D eigenvalue weighted by molar-refractivity contribution is 0.141. The zero-order chi connectivity index (χ0) is 10.7. The third-order valence-electron chi connectivity index (χ3n) is 2.10. The lowest BCUT2D eigenvalue weighted by atomic mass is 10.0. The van der Waals surface area contributed by atoms with E-state index in [1.54, 1.807) is 18.2 Å². The van der Waals surface area contributed by atoms with Gasteiger partial charge in [0.2, 0.25) is 0 Å². The van der Waals surface area contributed by atoms with Crippen molar-refractivity contribution in [1.82, 2.24) is 0 Å². The fraction of sp³-hybridized carbons (Fsp3) is 0.400. The number of hydrogen-bond donors (Lipinski definition) is 2. The van der Waals surface area contributed by atoms with Crippen LogP contribution < -0.4 is 5.73 Å². The molecule has 4 heteroatoms. The molecular weight excluding hydrogens is 221 g/mol. The molecule has 0 fully saturated rings. The van der Waals surface area contributed by atoms with E-state index >= 15 is 0 Å². The number of nitrogens with two attached hydrogens (primary N) is 1. The molecule has 0 unspecified atom stereocenters. The summed E-state index contributed by atoms with van der Waals surface area (Å²) in [4.78, 5) is 0. The van der Waals surface area contributed by atoms with Crippen molar-refractivity contribution in [2.45, 2.75) is 25.5 Å². The first-order chi connectivity index (χ1) is 6.54. The Bertz CT molecular complexity index is 297. The Labute approximate surface area is 93.6 Å². The Morgan fingerprint density at radius 2 is 1.79 bits per heavy atom. The molecule has 0 aliphatic carbocycles. The first kappa shape index (κ1) is 11.8. The molecule has 3 N–H and O–H groups in total. The molecule has 0 radical (unpaired) electrons. The molecule has 0 amide bonds. The zero-order valence-electron chi connectivity index (χ0n) is 7.87. The first-order valence-corrected chi connectivity index (χ1v) is 5.19. The second-order valence-electron chi connectivity index (χ2n) is 3.20. The minimum Gasteiger partial charge on any atom is -0.391 e. The van der Waals surface area contributed by atoms with Gasteiger partial charge in [0.05, 0.1) is 12.1 Å². The van der Waals surface area contributed by atoms with E-state index in [-0.39, 0.29) is 0 Å². The highest BCUT2D eigenvalue weighted by Crippen LogP contribution is 2.24. The molecule has 0 saturated carbocycles. The van der Waals surface area contributed by atoms with Crippen LogP contribution in [-0.2, 0) is 0 Å². The first-order valence-electron chi connectivity index (χ1n) is 4.44. The fourth-order valence-corrected chi connectivity index (χ4v) is 1.79. The summed E-state index contributed by atoms with van der Waals surface area (Å²) in [6, 6.07) is 4.64. The minimum absolute atomic E-state index is 0.434. The summed E-state index contributed by atoms with van der Waals surface area (Å²) in [5.41, 5.74) is 6.58. The Balaban J connectivity index is 2.94. The topological polar surface area (TPSA) is 46.2 Å². The van der Waals surface area contributed by atoms with Crippen LogP contribution in [0.1, 0.15) is 24.9 Å². The average Bonchev–Trinajstić information content (AvgIpc) is 2.14. The summed E-state index contributed by atoms with van der Waals surface area (Å²) in [5.74, 6) is 0. The van der Waals surface area contributed by atoms with E-state index in [1.807, 2.05) is 6.92 Å². The molecule has 14 heavy (non-hydrogen) atoms. The third-order valence-corrected chi connectivity index (χ3v) is 2.54. The van der Waals surface area contributed by atoms with E-state index in [0.29, 0.717) is 16.5 Å². The van der Waals surface area contributed by atoms with Gasteiger partial charge < -0.3 is 10.8 Å². The molecule has 2 nitrogen and oxygen atoms in total. The van der Waals surface area contributed by atoms with E-state index < -0.39 is 12.1 Å². The average molecular weight is 234 g/mol. The normalized spacial score (nSPS) is 15.2. The van der Waals surface area contributed by atoms with Crippen molar-refractivity contribution in [2.24, 2.45) is 5.73 Å². The molecule has 0 aromatic heterocycles. The lowest BCUT2D eigenvalue weighted by Gasteiger charge is -2.18. The second-order valence-corrected chi connectivity index (χ2v) is 4.08. The van der Waals surface area contributed by atoms with Crippen LogP contribution in [0.2, 0.25) is 10.0 Å². The summed E-state index contributed by atoms with van der Waals surface area (Å²) in [5, 5.41) is 10.6. The van der Waals surface area contributed by atoms with Crippen molar-refractivity contribution >= 4 is 23.2 Å². The quantitative estimate of drug-likeness (QED) is 0.844. The van der Waals surface area contributed by atoms with Crippen LogP contribution in [0.5, 0.6) is 0 Å². The smallest absolute Gasteiger partial charge is 0.0730 e. The van der Waals surface area contributed by atoms with Crippen molar-refractivity contribution in [2.75, 3.05) is 0 Å². The van der Waals surface area contributed by atoms with Gasteiger partial charge in [-0.2, -0.15) is 0 Å². The van der Waals surface area contributed by atoms with Crippen LogP contribution in [0.4, 0.5) is 0 Å². The molecule has 0 aliphatic rings. The number of hydrogen-bond acceptors (Lipinski definition) is 2. The van der Waals surface area contributed by atoms with Gasteiger partial charge in [0.1, 0.15) is 0 Å². The van der Waals surface area contributed by atoms with Crippen LogP contribution in [-0.4, -0.2) is 11.2 Å². The van der Waals surface area contributed by atoms with Gasteiger partial charge in [-0.15, -0.1) is 0 Å². The van der Waals surface area contributed by atoms with Crippen LogP contribution in [0.3, 0.4) is 0 Å². The maximum Gasteiger partial charge on any atom is 0.0730 e. The van der Waals surface area contributed by atoms with E-state index in [4.69, 9.17) is 28.9 Å². The van der Waals surface area contributed by atoms with Crippen molar-refractivity contribution < 1.29 is 5.11 Å². The lowest BCUT2D eigenvalue weighted by Crippen LogP contribution is -2.25. The second kappa shape index (κ2) is 4.99. The van der Waals surface area contributed by atoms with Crippen LogP contribution in [0.25, 0.3) is 0 Å². The molecule has 0 heterocycles. The highest BCUT2D eigenvalue weighted by Gasteiger charge is 2.15. The standard InChI is InChI=1S/C10H13Cl2NO/c1-2-9(14)10(13)6-3-7(11)5-8(12)4-6/h3-5,9-10,14H,2,13H2,1H3/t9-,10+/m1/s1. The number of halogens is 2. The molecule has 1 aromatic carbocycles. The van der Waals surface area contributed by atoms with Gasteiger partial charge in [-0.3, -0.25) is 0 Å².